The van der Waals surface area contributed by atoms with E-state index in [-0.39, 0.29) is 11.9 Å². The van der Waals surface area contributed by atoms with Crippen molar-refractivity contribution in [3.8, 4) is 5.75 Å². The fraction of sp³-hybridized carbons (Fsp3) is 0.478. The molecule has 0 aliphatic rings. The zero-order valence-corrected chi connectivity index (χ0v) is 16.2. The van der Waals surface area contributed by atoms with Gasteiger partial charge in [0.2, 0.25) is 0 Å². The Morgan fingerprint density at radius 3 is 2.30 bits per heavy atom. The van der Waals surface area contributed by atoms with Gasteiger partial charge in [-0.2, -0.15) is 0 Å². The summed E-state index contributed by atoms with van der Waals surface area (Å²) in [5, 5.41) is 1.99. The van der Waals surface area contributed by atoms with Gasteiger partial charge in [0.25, 0.3) is 0 Å². The van der Waals surface area contributed by atoms with E-state index in [0.29, 0.717) is 31.6 Å². The van der Waals surface area contributed by atoms with E-state index in [1.54, 1.807) is 0 Å². The van der Waals surface area contributed by atoms with Gasteiger partial charge in [-0.05, 0) is 30.7 Å². The van der Waals surface area contributed by atoms with Gasteiger partial charge in [-0.15, -0.1) is 0 Å². The molecule has 2 aromatic rings. The minimum atomic E-state index is -0.232. The van der Waals surface area contributed by atoms with Crippen LogP contribution in [-0.4, -0.2) is 18.5 Å². The summed E-state index contributed by atoms with van der Waals surface area (Å²) in [7, 11) is 0. The molecule has 4 nitrogen and oxygen atoms in total. The molecule has 2 rings (SSSR count). The Morgan fingerprint density at radius 1 is 0.778 bits per heavy atom. The molecule has 0 saturated heterocycles. The number of fused-ring (bicyclic) bond motifs is 1. The maximum Gasteiger partial charge on any atom is 0.311 e. The molecule has 0 fully saturated rings. The van der Waals surface area contributed by atoms with Crippen molar-refractivity contribution in [1.82, 2.24) is 0 Å². The zero-order chi connectivity index (χ0) is 19.3. The predicted octanol–water partition coefficient (Wildman–Crippen LogP) is 5.82. The average Bonchev–Trinajstić information content (AvgIpc) is 2.68. The summed E-state index contributed by atoms with van der Waals surface area (Å²) in [5.74, 6) is 0.236. The molecule has 146 valence electrons. The number of carbonyl (C=O) groups excluding carboxylic acids is 2. The van der Waals surface area contributed by atoms with E-state index in [4.69, 9.17) is 9.47 Å². The third kappa shape index (κ3) is 7.81. The van der Waals surface area contributed by atoms with Crippen molar-refractivity contribution in [2.45, 2.75) is 64.7 Å². The van der Waals surface area contributed by atoms with Crippen LogP contribution in [0.25, 0.3) is 10.8 Å². The van der Waals surface area contributed by atoms with Crippen LogP contribution < -0.4 is 4.74 Å². The lowest BCUT2D eigenvalue weighted by Gasteiger charge is -2.08. The van der Waals surface area contributed by atoms with Crippen molar-refractivity contribution in [1.29, 1.82) is 0 Å². The fourth-order valence-corrected chi connectivity index (χ4v) is 2.96. The molecule has 0 bridgehead atoms. The largest absolute Gasteiger partial charge is 0.466 e. The van der Waals surface area contributed by atoms with Gasteiger partial charge in [-0.1, -0.05) is 69.0 Å². The van der Waals surface area contributed by atoms with Crippen LogP contribution in [0.3, 0.4) is 0 Å². The van der Waals surface area contributed by atoms with E-state index in [9.17, 15) is 9.59 Å². The Labute approximate surface area is 161 Å². The normalized spacial score (nSPS) is 10.7. The van der Waals surface area contributed by atoms with Crippen molar-refractivity contribution >= 4 is 22.7 Å². The molecule has 0 aliphatic heterocycles. The quantitative estimate of drug-likeness (QED) is 0.268. The van der Waals surface area contributed by atoms with Gasteiger partial charge in [0, 0.05) is 18.2 Å². The van der Waals surface area contributed by atoms with Crippen LogP contribution in [0.2, 0.25) is 0 Å². The van der Waals surface area contributed by atoms with Crippen molar-refractivity contribution < 1.29 is 19.1 Å². The predicted molar refractivity (Wildman–Crippen MR) is 108 cm³/mol. The molecule has 0 unspecified atom stereocenters. The Bertz CT molecular complexity index is 718. The maximum atomic E-state index is 12.1. The van der Waals surface area contributed by atoms with Crippen LogP contribution in [0.4, 0.5) is 0 Å². The molecule has 0 saturated carbocycles. The second-order valence-corrected chi connectivity index (χ2v) is 6.79. The number of esters is 2. The number of hydrogen-bond donors (Lipinski definition) is 0. The summed E-state index contributed by atoms with van der Waals surface area (Å²) in [6.07, 6.45) is 7.48. The fourth-order valence-electron chi connectivity index (χ4n) is 2.96. The van der Waals surface area contributed by atoms with Gasteiger partial charge in [0.15, 0.2) is 0 Å². The lowest BCUT2D eigenvalue weighted by molar-refractivity contribution is -0.143. The van der Waals surface area contributed by atoms with E-state index < -0.39 is 0 Å². The smallest absolute Gasteiger partial charge is 0.311 e. The van der Waals surface area contributed by atoms with Crippen molar-refractivity contribution in [2.75, 3.05) is 6.61 Å². The van der Waals surface area contributed by atoms with E-state index in [2.05, 4.69) is 6.92 Å². The first-order valence-electron chi connectivity index (χ1n) is 10.0. The molecule has 4 heteroatoms. The molecule has 0 amide bonds. The third-order valence-corrected chi connectivity index (χ3v) is 4.50. The Balaban J connectivity index is 1.59. The minimum absolute atomic E-state index is 0.134. The summed E-state index contributed by atoms with van der Waals surface area (Å²) < 4.78 is 10.7. The highest BCUT2D eigenvalue weighted by molar-refractivity contribution is 5.90. The number of ether oxygens (including phenoxy) is 2. The van der Waals surface area contributed by atoms with Crippen molar-refractivity contribution in [3.05, 3.63) is 42.5 Å². The number of carbonyl (C=O) groups is 2. The van der Waals surface area contributed by atoms with Gasteiger partial charge < -0.3 is 9.47 Å². The monoisotopic (exact) mass is 370 g/mol. The van der Waals surface area contributed by atoms with Crippen LogP contribution >= 0.6 is 0 Å². The van der Waals surface area contributed by atoms with Crippen molar-refractivity contribution in [2.24, 2.45) is 0 Å². The molecule has 0 heterocycles. The number of unbranched alkanes of at least 4 members (excludes halogenated alkanes) is 5. The highest BCUT2D eigenvalue weighted by Crippen LogP contribution is 2.25. The first-order valence-corrected chi connectivity index (χ1v) is 10.0. The van der Waals surface area contributed by atoms with Gasteiger partial charge in [0.05, 0.1) is 6.61 Å². The molecule has 2 aromatic carbocycles. The summed E-state index contributed by atoms with van der Waals surface area (Å²) in [6, 6.07) is 13.5. The second kappa shape index (κ2) is 12.1. The van der Waals surface area contributed by atoms with Crippen LogP contribution in [-0.2, 0) is 14.3 Å². The van der Waals surface area contributed by atoms with Gasteiger partial charge in [0.1, 0.15) is 5.75 Å². The first kappa shape index (κ1) is 20.9. The minimum Gasteiger partial charge on any atom is -0.466 e. The maximum absolute atomic E-state index is 12.1. The average molecular weight is 370 g/mol. The summed E-state index contributed by atoms with van der Waals surface area (Å²) in [4.78, 5) is 23.7. The molecule has 0 aliphatic carbocycles. The molecule has 27 heavy (non-hydrogen) atoms. The molecule has 0 aromatic heterocycles. The molecular formula is C23H30O4. The van der Waals surface area contributed by atoms with Crippen LogP contribution in [0.1, 0.15) is 64.7 Å². The van der Waals surface area contributed by atoms with Crippen molar-refractivity contribution in [3.63, 3.8) is 0 Å². The lowest BCUT2D eigenvalue weighted by Crippen LogP contribution is -2.08. The first-order chi connectivity index (χ1) is 13.2. The van der Waals surface area contributed by atoms with E-state index in [0.717, 1.165) is 36.5 Å². The molecular weight excluding hydrogens is 340 g/mol. The van der Waals surface area contributed by atoms with E-state index in [1.807, 2.05) is 42.5 Å². The molecule has 0 spiro atoms. The molecule has 0 atom stereocenters. The molecule has 0 radical (unpaired) electrons. The molecule has 0 N–H and O–H groups in total. The van der Waals surface area contributed by atoms with Gasteiger partial charge in [-0.3, -0.25) is 9.59 Å². The summed E-state index contributed by atoms with van der Waals surface area (Å²) in [6.45, 7) is 2.68. The number of rotatable bonds is 12. The highest BCUT2D eigenvalue weighted by Gasteiger charge is 2.08. The lowest BCUT2D eigenvalue weighted by atomic mass is 10.1. The zero-order valence-electron chi connectivity index (χ0n) is 16.2. The Kier molecular flexibility index (Phi) is 9.39. The van der Waals surface area contributed by atoms with Crippen LogP contribution in [0.5, 0.6) is 5.75 Å². The van der Waals surface area contributed by atoms with E-state index in [1.165, 1.54) is 12.8 Å². The van der Waals surface area contributed by atoms with E-state index >= 15 is 0 Å². The van der Waals surface area contributed by atoms with Crippen LogP contribution in [0, 0.1) is 0 Å². The highest BCUT2D eigenvalue weighted by atomic mass is 16.5. The number of benzene rings is 2. The Hall–Kier alpha value is -2.36. The second-order valence-electron chi connectivity index (χ2n) is 6.79. The number of hydrogen-bond acceptors (Lipinski definition) is 4. The Morgan fingerprint density at radius 2 is 1.48 bits per heavy atom. The third-order valence-electron chi connectivity index (χ3n) is 4.50. The standard InChI is InChI=1S/C23H30O4/c1-2-3-4-10-18-26-22(24)16-6-5-7-17-23(25)27-21-15-11-13-19-12-8-9-14-20(19)21/h8-9,11-15H,2-7,10,16-18H2,1H3. The summed E-state index contributed by atoms with van der Waals surface area (Å²) >= 11 is 0. The topological polar surface area (TPSA) is 52.6 Å². The van der Waals surface area contributed by atoms with Gasteiger partial charge >= 0.3 is 11.9 Å². The van der Waals surface area contributed by atoms with Gasteiger partial charge in [-0.25, -0.2) is 0 Å². The SMILES string of the molecule is CCCCCCOC(=O)CCCCCC(=O)Oc1cccc2ccccc12. The van der Waals surface area contributed by atoms with Crippen LogP contribution in [0.15, 0.2) is 42.5 Å². The summed E-state index contributed by atoms with van der Waals surface area (Å²) in [5.41, 5.74) is 0.